The number of pyridine rings is 1. The third kappa shape index (κ3) is 1.39. The maximum Gasteiger partial charge on any atom is 0.101 e. The lowest BCUT2D eigenvalue weighted by atomic mass is 9.83. The van der Waals surface area contributed by atoms with Crippen molar-refractivity contribution in [1.29, 1.82) is 5.26 Å². The summed E-state index contributed by atoms with van der Waals surface area (Å²) < 4.78 is 0. The highest BCUT2D eigenvalue weighted by molar-refractivity contribution is 5.44. The van der Waals surface area contributed by atoms with E-state index < -0.39 is 0 Å². The largest absolute Gasteiger partial charge is 0.260 e. The van der Waals surface area contributed by atoms with Crippen LogP contribution in [0.2, 0.25) is 0 Å². The zero-order chi connectivity index (χ0) is 10.1. The van der Waals surface area contributed by atoms with E-state index in [9.17, 15) is 0 Å². The quantitative estimate of drug-likeness (QED) is 0.623. The smallest absolute Gasteiger partial charge is 0.101 e. The second-order valence-electron chi connectivity index (χ2n) is 4.17. The number of aromatic nitrogens is 1. The van der Waals surface area contributed by atoms with Crippen molar-refractivity contribution in [1.82, 2.24) is 4.98 Å². The highest BCUT2D eigenvalue weighted by Gasteiger charge is 2.20. The van der Waals surface area contributed by atoms with Gasteiger partial charge in [-0.15, -0.1) is 0 Å². The third-order valence-electron chi connectivity index (χ3n) is 3.07. The minimum absolute atomic E-state index is 0.705. The first-order valence-corrected chi connectivity index (χ1v) is 5.10. The van der Waals surface area contributed by atoms with Gasteiger partial charge < -0.3 is 0 Å². The van der Waals surface area contributed by atoms with Gasteiger partial charge in [0.15, 0.2) is 0 Å². The monoisotopic (exact) mass is 186 g/mol. The van der Waals surface area contributed by atoms with Crippen LogP contribution in [0.25, 0.3) is 0 Å². The van der Waals surface area contributed by atoms with Gasteiger partial charge in [-0.2, -0.15) is 5.26 Å². The Balaban J connectivity index is 2.56. The molecule has 2 nitrogen and oxygen atoms in total. The molecular weight excluding hydrogens is 172 g/mol. The van der Waals surface area contributed by atoms with Crippen LogP contribution in [0.4, 0.5) is 0 Å². The van der Waals surface area contributed by atoms with E-state index in [1.54, 1.807) is 6.20 Å². The Bertz CT molecular complexity index is 402. The number of nitrogens with zero attached hydrogens (tertiary/aromatic N) is 2. The van der Waals surface area contributed by atoms with Crippen LogP contribution in [0.3, 0.4) is 0 Å². The number of nitriles is 1. The molecule has 0 fully saturated rings. The fourth-order valence-electron chi connectivity index (χ4n) is 2.20. The molecule has 0 saturated carbocycles. The van der Waals surface area contributed by atoms with Gasteiger partial charge >= 0.3 is 0 Å². The van der Waals surface area contributed by atoms with Crippen LogP contribution in [0, 0.1) is 24.2 Å². The summed E-state index contributed by atoms with van der Waals surface area (Å²) in [7, 11) is 0. The van der Waals surface area contributed by atoms with E-state index in [0.717, 1.165) is 24.1 Å². The third-order valence-corrected chi connectivity index (χ3v) is 3.07. The van der Waals surface area contributed by atoms with Crippen LogP contribution in [-0.4, -0.2) is 4.98 Å². The summed E-state index contributed by atoms with van der Waals surface area (Å²) in [5.41, 5.74) is 4.45. The van der Waals surface area contributed by atoms with Gasteiger partial charge in [0.2, 0.25) is 0 Å². The average Bonchev–Trinajstić information content (AvgIpc) is 2.18. The number of fused-ring (bicyclic) bond motifs is 1. The van der Waals surface area contributed by atoms with Crippen LogP contribution < -0.4 is 0 Å². The lowest BCUT2D eigenvalue weighted by Gasteiger charge is -2.23. The molecule has 0 aromatic carbocycles. The number of hydrogen-bond donors (Lipinski definition) is 0. The van der Waals surface area contributed by atoms with E-state index in [0.29, 0.717) is 5.92 Å². The molecule has 0 radical (unpaired) electrons. The minimum Gasteiger partial charge on any atom is -0.260 e. The molecule has 1 aromatic rings. The molecule has 14 heavy (non-hydrogen) atoms. The Morgan fingerprint density at radius 2 is 2.29 bits per heavy atom. The molecule has 1 heterocycles. The molecule has 1 unspecified atom stereocenters. The van der Waals surface area contributed by atoms with Crippen LogP contribution in [0.1, 0.15) is 35.7 Å². The van der Waals surface area contributed by atoms with Crippen LogP contribution in [0.5, 0.6) is 0 Å². The molecule has 2 heteroatoms. The molecule has 0 bridgehead atoms. The molecule has 1 aromatic heterocycles. The van der Waals surface area contributed by atoms with Gasteiger partial charge in [-0.3, -0.25) is 4.98 Å². The van der Waals surface area contributed by atoms with Crippen LogP contribution in [0.15, 0.2) is 6.20 Å². The molecule has 0 N–H and O–H groups in total. The van der Waals surface area contributed by atoms with E-state index in [4.69, 9.17) is 5.26 Å². The lowest BCUT2D eigenvalue weighted by Crippen LogP contribution is -2.15. The van der Waals surface area contributed by atoms with Crippen molar-refractivity contribution < 1.29 is 0 Å². The van der Waals surface area contributed by atoms with E-state index in [1.165, 1.54) is 17.5 Å². The van der Waals surface area contributed by atoms with Crippen LogP contribution >= 0.6 is 0 Å². The maximum atomic E-state index is 8.98. The normalized spacial score (nSPS) is 19.9. The highest BCUT2D eigenvalue weighted by Crippen LogP contribution is 2.28. The molecule has 0 aliphatic heterocycles. The summed E-state index contributed by atoms with van der Waals surface area (Å²) in [6, 6.07) is 2.24. The Morgan fingerprint density at radius 1 is 1.50 bits per heavy atom. The van der Waals surface area contributed by atoms with Crippen molar-refractivity contribution in [2.45, 2.75) is 33.1 Å². The molecular formula is C12H14N2. The highest BCUT2D eigenvalue weighted by atomic mass is 14.7. The lowest BCUT2D eigenvalue weighted by molar-refractivity contribution is 0.497. The van der Waals surface area contributed by atoms with Crippen molar-refractivity contribution in [3.05, 3.63) is 28.6 Å². The molecule has 2 rings (SSSR count). The first kappa shape index (κ1) is 9.21. The summed E-state index contributed by atoms with van der Waals surface area (Å²) in [5.74, 6) is 0.705. The number of aryl methyl sites for hydroxylation is 1. The van der Waals surface area contributed by atoms with Gasteiger partial charge in [0.25, 0.3) is 0 Å². The Labute approximate surface area is 84.6 Å². The second kappa shape index (κ2) is 3.42. The molecule has 0 saturated heterocycles. The second-order valence-corrected chi connectivity index (χ2v) is 4.17. The summed E-state index contributed by atoms with van der Waals surface area (Å²) >= 11 is 0. The number of rotatable bonds is 0. The predicted molar refractivity (Wildman–Crippen MR) is 54.9 cm³/mol. The molecule has 1 aliphatic rings. The first-order valence-electron chi connectivity index (χ1n) is 5.10. The van der Waals surface area contributed by atoms with Gasteiger partial charge in [0.05, 0.1) is 5.56 Å². The van der Waals surface area contributed by atoms with Crippen molar-refractivity contribution in [2.24, 2.45) is 5.92 Å². The summed E-state index contributed by atoms with van der Waals surface area (Å²) in [6.45, 7) is 4.29. The van der Waals surface area contributed by atoms with Gasteiger partial charge in [-0.25, -0.2) is 0 Å². The number of hydrogen-bond acceptors (Lipinski definition) is 2. The van der Waals surface area contributed by atoms with Crippen molar-refractivity contribution in [3.63, 3.8) is 0 Å². The predicted octanol–water partition coefficient (Wildman–Crippen LogP) is 2.39. The zero-order valence-corrected chi connectivity index (χ0v) is 8.67. The van der Waals surface area contributed by atoms with Crippen LogP contribution in [-0.2, 0) is 12.8 Å². The molecule has 0 amide bonds. The van der Waals surface area contributed by atoms with Crippen molar-refractivity contribution >= 4 is 0 Å². The maximum absolute atomic E-state index is 8.98. The molecule has 1 aliphatic carbocycles. The average molecular weight is 186 g/mol. The first-order chi connectivity index (χ1) is 6.72. The van der Waals surface area contributed by atoms with E-state index in [-0.39, 0.29) is 0 Å². The van der Waals surface area contributed by atoms with E-state index in [1.807, 2.05) is 6.92 Å². The van der Waals surface area contributed by atoms with Gasteiger partial charge in [-0.1, -0.05) is 6.92 Å². The summed E-state index contributed by atoms with van der Waals surface area (Å²) in [6.07, 6.45) is 5.07. The van der Waals surface area contributed by atoms with E-state index in [2.05, 4.69) is 18.0 Å². The van der Waals surface area contributed by atoms with Gasteiger partial charge in [0.1, 0.15) is 6.07 Å². The standard InChI is InChI=1S/C12H14N2/c1-8-3-4-11-9(2)14-7-10(6-13)12(11)5-8/h7-8H,3-5H2,1-2H3. The summed E-state index contributed by atoms with van der Waals surface area (Å²) in [4.78, 5) is 4.27. The topological polar surface area (TPSA) is 36.7 Å². The molecule has 0 spiro atoms. The fourth-order valence-corrected chi connectivity index (χ4v) is 2.20. The SMILES string of the molecule is Cc1ncc(C#N)c2c1CCC(C)C2. The summed E-state index contributed by atoms with van der Waals surface area (Å²) in [5, 5.41) is 8.98. The van der Waals surface area contributed by atoms with Crippen molar-refractivity contribution in [3.8, 4) is 6.07 Å². The van der Waals surface area contributed by atoms with Gasteiger partial charge in [-0.05, 0) is 43.2 Å². The Hall–Kier alpha value is -1.36. The van der Waals surface area contributed by atoms with Gasteiger partial charge in [0, 0.05) is 11.9 Å². The molecule has 1 atom stereocenters. The van der Waals surface area contributed by atoms with Crippen molar-refractivity contribution in [2.75, 3.05) is 0 Å². The zero-order valence-electron chi connectivity index (χ0n) is 8.67. The fraction of sp³-hybridized carbons (Fsp3) is 0.500. The minimum atomic E-state index is 0.705. The molecule has 72 valence electrons. The Kier molecular flexibility index (Phi) is 2.25. The van der Waals surface area contributed by atoms with E-state index >= 15 is 0 Å². The Morgan fingerprint density at radius 3 is 3.00 bits per heavy atom.